The first-order chi connectivity index (χ1) is 11.2. The molecule has 2 aliphatic rings. The molecule has 1 unspecified atom stereocenters. The summed E-state index contributed by atoms with van der Waals surface area (Å²) in [4.78, 5) is 18.6. The van der Waals surface area contributed by atoms with Crippen molar-refractivity contribution in [2.75, 3.05) is 26.3 Å². The van der Waals surface area contributed by atoms with Gasteiger partial charge in [0.25, 0.3) is 0 Å². The quantitative estimate of drug-likeness (QED) is 0.849. The zero-order valence-electron chi connectivity index (χ0n) is 14.2. The standard InChI is InChI=1S/C17H25N3O3.2ClH/c18-16(13-6-11-22-12-7-13)17(21)20-9-4-14(5-10-20)23-15-3-1-2-8-19-15;;/h1-3,8,13-14,16H,4-7,9-12,18H2;2*1H. The van der Waals surface area contributed by atoms with Crippen molar-refractivity contribution >= 4 is 30.7 Å². The normalized spacial score (nSPS) is 20.1. The predicted molar refractivity (Wildman–Crippen MR) is 100 cm³/mol. The van der Waals surface area contributed by atoms with Gasteiger partial charge in [-0.3, -0.25) is 4.79 Å². The van der Waals surface area contributed by atoms with Crippen LogP contribution in [-0.4, -0.2) is 54.2 Å². The summed E-state index contributed by atoms with van der Waals surface area (Å²) in [7, 11) is 0. The van der Waals surface area contributed by atoms with Crippen molar-refractivity contribution in [2.45, 2.75) is 37.8 Å². The van der Waals surface area contributed by atoms with E-state index in [1.54, 1.807) is 6.20 Å². The minimum absolute atomic E-state index is 0. The Kier molecular flexibility index (Phi) is 9.50. The Balaban J connectivity index is 0.00000156. The molecule has 0 saturated carbocycles. The summed E-state index contributed by atoms with van der Waals surface area (Å²) in [5.41, 5.74) is 6.19. The van der Waals surface area contributed by atoms with Crippen molar-refractivity contribution in [2.24, 2.45) is 11.7 Å². The van der Waals surface area contributed by atoms with Gasteiger partial charge in [-0.2, -0.15) is 0 Å². The summed E-state index contributed by atoms with van der Waals surface area (Å²) in [6.07, 6.45) is 5.25. The second-order valence-corrected chi connectivity index (χ2v) is 6.29. The molecule has 2 aliphatic heterocycles. The summed E-state index contributed by atoms with van der Waals surface area (Å²) in [5, 5.41) is 0. The minimum atomic E-state index is -0.396. The Morgan fingerprint density at radius 1 is 1.20 bits per heavy atom. The van der Waals surface area contributed by atoms with E-state index >= 15 is 0 Å². The maximum Gasteiger partial charge on any atom is 0.239 e. The second-order valence-electron chi connectivity index (χ2n) is 6.29. The van der Waals surface area contributed by atoms with Crippen molar-refractivity contribution < 1.29 is 14.3 Å². The molecule has 142 valence electrons. The number of ether oxygens (including phenoxy) is 2. The Labute approximate surface area is 161 Å². The minimum Gasteiger partial charge on any atom is -0.474 e. The predicted octanol–water partition coefficient (Wildman–Crippen LogP) is 2.05. The molecule has 8 heteroatoms. The van der Waals surface area contributed by atoms with Crippen LogP contribution in [0.25, 0.3) is 0 Å². The van der Waals surface area contributed by atoms with Gasteiger partial charge in [-0.25, -0.2) is 4.98 Å². The van der Waals surface area contributed by atoms with Crippen molar-refractivity contribution in [3.05, 3.63) is 24.4 Å². The highest BCUT2D eigenvalue weighted by Gasteiger charge is 2.32. The Morgan fingerprint density at radius 2 is 1.88 bits per heavy atom. The number of halogens is 2. The fraction of sp³-hybridized carbons (Fsp3) is 0.647. The third-order valence-electron chi connectivity index (χ3n) is 4.74. The molecule has 3 heterocycles. The van der Waals surface area contributed by atoms with Crippen LogP contribution in [0.15, 0.2) is 24.4 Å². The van der Waals surface area contributed by atoms with Crippen LogP contribution >= 0.6 is 24.8 Å². The van der Waals surface area contributed by atoms with E-state index in [1.807, 2.05) is 23.1 Å². The monoisotopic (exact) mass is 391 g/mol. The van der Waals surface area contributed by atoms with Gasteiger partial charge >= 0.3 is 0 Å². The number of nitrogens with two attached hydrogens (primary N) is 1. The highest BCUT2D eigenvalue weighted by Crippen LogP contribution is 2.22. The van der Waals surface area contributed by atoms with Crippen LogP contribution in [0.3, 0.4) is 0 Å². The summed E-state index contributed by atoms with van der Waals surface area (Å²) in [6.45, 7) is 2.83. The Hall–Kier alpha value is -1.08. The zero-order chi connectivity index (χ0) is 16.1. The molecule has 0 spiro atoms. The van der Waals surface area contributed by atoms with E-state index < -0.39 is 6.04 Å². The van der Waals surface area contributed by atoms with E-state index in [2.05, 4.69) is 4.98 Å². The highest BCUT2D eigenvalue weighted by atomic mass is 35.5. The van der Waals surface area contributed by atoms with Gasteiger partial charge in [-0.15, -0.1) is 24.8 Å². The van der Waals surface area contributed by atoms with Gasteiger partial charge in [0.2, 0.25) is 11.8 Å². The van der Waals surface area contributed by atoms with Crippen molar-refractivity contribution in [3.63, 3.8) is 0 Å². The van der Waals surface area contributed by atoms with Gasteiger partial charge < -0.3 is 20.1 Å². The van der Waals surface area contributed by atoms with Gasteiger partial charge in [0.05, 0.1) is 6.04 Å². The number of hydrogen-bond acceptors (Lipinski definition) is 5. The molecular formula is C17H27Cl2N3O3. The van der Waals surface area contributed by atoms with Crippen LogP contribution in [-0.2, 0) is 9.53 Å². The molecule has 0 bridgehead atoms. The third kappa shape index (κ3) is 5.99. The van der Waals surface area contributed by atoms with E-state index in [0.717, 1.165) is 25.7 Å². The van der Waals surface area contributed by atoms with Crippen LogP contribution in [0.5, 0.6) is 5.88 Å². The van der Waals surface area contributed by atoms with E-state index in [4.69, 9.17) is 15.2 Å². The van der Waals surface area contributed by atoms with E-state index in [0.29, 0.717) is 32.2 Å². The average molecular weight is 392 g/mol. The molecule has 1 atom stereocenters. The molecule has 1 aromatic heterocycles. The van der Waals surface area contributed by atoms with E-state index in [-0.39, 0.29) is 42.7 Å². The van der Waals surface area contributed by atoms with Crippen molar-refractivity contribution in [3.8, 4) is 5.88 Å². The summed E-state index contributed by atoms with van der Waals surface area (Å²) >= 11 is 0. The van der Waals surface area contributed by atoms with Gasteiger partial charge in [-0.1, -0.05) is 6.07 Å². The lowest BCUT2D eigenvalue weighted by atomic mass is 9.91. The number of carbonyl (C=O) groups excluding carboxylic acids is 1. The van der Waals surface area contributed by atoms with Crippen LogP contribution in [0.1, 0.15) is 25.7 Å². The Morgan fingerprint density at radius 3 is 2.48 bits per heavy atom. The maximum atomic E-state index is 12.6. The van der Waals surface area contributed by atoms with Gasteiger partial charge in [0, 0.05) is 51.4 Å². The first-order valence-corrected chi connectivity index (χ1v) is 8.44. The van der Waals surface area contributed by atoms with Crippen molar-refractivity contribution in [1.29, 1.82) is 0 Å². The summed E-state index contributed by atoms with van der Waals surface area (Å²) < 4.78 is 11.2. The number of likely N-dealkylation sites (tertiary alicyclic amines) is 1. The van der Waals surface area contributed by atoms with Crippen molar-refractivity contribution in [1.82, 2.24) is 9.88 Å². The lowest BCUT2D eigenvalue weighted by Crippen LogP contribution is -2.52. The highest BCUT2D eigenvalue weighted by molar-refractivity contribution is 5.85. The van der Waals surface area contributed by atoms with Crippen LogP contribution < -0.4 is 10.5 Å². The SMILES string of the molecule is Cl.Cl.NC(C(=O)N1CCC(Oc2ccccn2)CC1)C1CCOCC1. The van der Waals surface area contributed by atoms with Gasteiger partial charge in [-0.05, 0) is 24.8 Å². The van der Waals surface area contributed by atoms with Gasteiger partial charge in [0.15, 0.2) is 0 Å². The molecule has 2 fully saturated rings. The Bertz CT molecular complexity index is 507. The van der Waals surface area contributed by atoms with E-state index in [9.17, 15) is 4.79 Å². The van der Waals surface area contributed by atoms with Crippen LogP contribution in [0, 0.1) is 5.92 Å². The number of pyridine rings is 1. The molecule has 0 radical (unpaired) electrons. The fourth-order valence-corrected chi connectivity index (χ4v) is 3.27. The summed E-state index contributed by atoms with van der Waals surface area (Å²) in [5.74, 6) is 0.975. The van der Waals surface area contributed by atoms with E-state index in [1.165, 1.54) is 0 Å². The molecule has 2 N–H and O–H groups in total. The number of hydrogen-bond donors (Lipinski definition) is 1. The second kappa shape index (κ2) is 10.8. The number of rotatable bonds is 4. The molecule has 6 nitrogen and oxygen atoms in total. The smallest absolute Gasteiger partial charge is 0.239 e. The lowest BCUT2D eigenvalue weighted by molar-refractivity contribution is -0.136. The lowest BCUT2D eigenvalue weighted by Gasteiger charge is -2.35. The number of carbonyl (C=O) groups is 1. The maximum absolute atomic E-state index is 12.6. The first kappa shape index (κ1) is 22.0. The molecule has 0 aliphatic carbocycles. The zero-order valence-corrected chi connectivity index (χ0v) is 15.8. The first-order valence-electron chi connectivity index (χ1n) is 8.44. The largest absolute Gasteiger partial charge is 0.474 e. The molecule has 1 amide bonds. The average Bonchev–Trinajstić information content (AvgIpc) is 2.63. The molecule has 2 saturated heterocycles. The number of nitrogens with zero attached hydrogens (tertiary/aromatic N) is 2. The van der Waals surface area contributed by atoms with Crippen LogP contribution in [0.2, 0.25) is 0 Å². The third-order valence-corrected chi connectivity index (χ3v) is 4.74. The molecular weight excluding hydrogens is 365 g/mol. The molecule has 3 rings (SSSR count). The van der Waals surface area contributed by atoms with Crippen LogP contribution in [0.4, 0.5) is 0 Å². The topological polar surface area (TPSA) is 77.7 Å². The summed E-state index contributed by atoms with van der Waals surface area (Å²) in [6, 6.07) is 5.24. The number of amides is 1. The molecule has 0 aromatic carbocycles. The molecule has 1 aromatic rings. The fourth-order valence-electron chi connectivity index (χ4n) is 3.27. The van der Waals surface area contributed by atoms with Gasteiger partial charge in [0.1, 0.15) is 6.10 Å². The number of piperidine rings is 1. The molecule has 25 heavy (non-hydrogen) atoms. The number of aromatic nitrogens is 1.